The molecule has 0 aliphatic carbocycles. The molecule has 0 saturated carbocycles. The highest BCUT2D eigenvalue weighted by atomic mass is 35.5. The molecular formula is C23H22ClN3O2S. The Morgan fingerprint density at radius 3 is 2.77 bits per heavy atom. The van der Waals surface area contributed by atoms with Crippen molar-refractivity contribution in [2.45, 2.75) is 26.3 Å². The van der Waals surface area contributed by atoms with Crippen LogP contribution in [0.2, 0.25) is 5.02 Å². The van der Waals surface area contributed by atoms with Gasteiger partial charge in [0.25, 0.3) is 0 Å². The van der Waals surface area contributed by atoms with Gasteiger partial charge in [-0.2, -0.15) is 0 Å². The predicted octanol–water partition coefficient (Wildman–Crippen LogP) is 5.33. The molecule has 5 nitrogen and oxygen atoms in total. The summed E-state index contributed by atoms with van der Waals surface area (Å²) in [6.45, 7) is 4.40. The van der Waals surface area contributed by atoms with Gasteiger partial charge >= 0.3 is 0 Å². The van der Waals surface area contributed by atoms with Gasteiger partial charge < -0.3 is 10.2 Å². The average molecular weight is 440 g/mol. The second-order valence-electron chi connectivity index (χ2n) is 7.63. The van der Waals surface area contributed by atoms with Crippen LogP contribution in [0.4, 0.5) is 5.69 Å². The minimum absolute atomic E-state index is 0.0356. The molecule has 154 valence electrons. The fourth-order valence-electron chi connectivity index (χ4n) is 3.57. The molecule has 0 bridgehead atoms. The Morgan fingerprint density at radius 2 is 2.03 bits per heavy atom. The molecule has 3 aromatic rings. The molecule has 1 aromatic heterocycles. The summed E-state index contributed by atoms with van der Waals surface area (Å²) in [5.41, 5.74) is 3.34. The van der Waals surface area contributed by atoms with E-state index in [1.165, 1.54) is 11.3 Å². The molecule has 0 radical (unpaired) electrons. The number of amides is 2. The van der Waals surface area contributed by atoms with Crippen molar-refractivity contribution in [3.8, 4) is 21.8 Å². The van der Waals surface area contributed by atoms with Crippen LogP contribution in [0.15, 0.2) is 53.9 Å². The number of rotatable bonds is 5. The van der Waals surface area contributed by atoms with Crippen molar-refractivity contribution >= 4 is 40.4 Å². The third-order valence-electron chi connectivity index (χ3n) is 5.19. The summed E-state index contributed by atoms with van der Waals surface area (Å²) in [4.78, 5) is 31.3. The minimum atomic E-state index is -0.324. The molecule has 1 fully saturated rings. The number of benzene rings is 2. The van der Waals surface area contributed by atoms with E-state index in [4.69, 9.17) is 16.6 Å². The topological polar surface area (TPSA) is 62.3 Å². The van der Waals surface area contributed by atoms with Crippen molar-refractivity contribution in [2.75, 3.05) is 11.9 Å². The number of nitrogens with zero attached hydrogens (tertiary/aromatic N) is 2. The van der Waals surface area contributed by atoms with Crippen LogP contribution < -0.4 is 5.32 Å². The maximum Gasteiger partial charge on any atom is 0.229 e. The lowest BCUT2D eigenvalue weighted by molar-refractivity contribution is -0.129. The third kappa shape index (κ3) is 4.25. The Hall–Kier alpha value is -2.70. The van der Waals surface area contributed by atoms with Crippen LogP contribution in [0.1, 0.15) is 20.3 Å². The van der Waals surface area contributed by atoms with Crippen LogP contribution in [-0.2, 0) is 9.59 Å². The van der Waals surface area contributed by atoms with Gasteiger partial charge in [-0.3, -0.25) is 9.59 Å². The van der Waals surface area contributed by atoms with E-state index in [0.29, 0.717) is 17.3 Å². The first-order valence-electron chi connectivity index (χ1n) is 9.83. The average Bonchev–Trinajstić information content (AvgIpc) is 3.36. The zero-order valence-corrected chi connectivity index (χ0v) is 18.3. The van der Waals surface area contributed by atoms with Gasteiger partial charge in [0.2, 0.25) is 11.8 Å². The summed E-state index contributed by atoms with van der Waals surface area (Å²) in [7, 11) is 0. The summed E-state index contributed by atoms with van der Waals surface area (Å²) in [5.74, 6) is -0.415. The van der Waals surface area contributed by atoms with Crippen molar-refractivity contribution in [1.29, 1.82) is 0 Å². The first-order valence-corrected chi connectivity index (χ1v) is 11.1. The summed E-state index contributed by atoms with van der Waals surface area (Å²) in [6.07, 6.45) is 0.261. The van der Waals surface area contributed by atoms with Gasteiger partial charge in [0, 0.05) is 41.2 Å². The molecule has 1 unspecified atom stereocenters. The van der Waals surface area contributed by atoms with Crippen LogP contribution in [0.3, 0.4) is 0 Å². The normalized spacial score (nSPS) is 16.3. The standard InChI is InChI=1S/C23H22ClN3O2S/c1-14(2)27-12-16(11-21(27)28)22(29)25-17-7-5-6-15(10-17)20-13-30-23(26-20)18-8-3-4-9-19(18)24/h3-10,13-14,16H,11-12H2,1-2H3,(H,25,29). The fourth-order valence-corrected chi connectivity index (χ4v) is 4.72. The predicted molar refractivity (Wildman–Crippen MR) is 122 cm³/mol. The SMILES string of the molecule is CC(C)N1CC(C(=O)Nc2cccc(-c3csc(-c4ccccc4Cl)n3)c2)CC1=O. The molecule has 30 heavy (non-hydrogen) atoms. The zero-order chi connectivity index (χ0) is 21.3. The lowest BCUT2D eigenvalue weighted by atomic mass is 10.1. The highest BCUT2D eigenvalue weighted by Gasteiger charge is 2.35. The number of carbonyl (C=O) groups is 2. The van der Waals surface area contributed by atoms with Crippen molar-refractivity contribution < 1.29 is 9.59 Å². The molecule has 1 aliphatic heterocycles. The molecular weight excluding hydrogens is 418 g/mol. The molecule has 1 saturated heterocycles. The number of anilines is 1. The van der Waals surface area contributed by atoms with Crippen LogP contribution in [0.25, 0.3) is 21.8 Å². The Balaban J connectivity index is 1.49. The number of thiazole rings is 1. The van der Waals surface area contributed by atoms with Gasteiger partial charge in [-0.05, 0) is 32.0 Å². The molecule has 2 amide bonds. The van der Waals surface area contributed by atoms with Crippen molar-refractivity contribution in [3.63, 3.8) is 0 Å². The van der Waals surface area contributed by atoms with E-state index in [1.807, 2.05) is 67.8 Å². The van der Waals surface area contributed by atoms with E-state index < -0.39 is 0 Å². The van der Waals surface area contributed by atoms with Crippen LogP contribution >= 0.6 is 22.9 Å². The molecule has 4 rings (SSSR count). The van der Waals surface area contributed by atoms with E-state index in [0.717, 1.165) is 21.8 Å². The number of likely N-dealkylation sites (tertiary alicyclic amines) is 1. The first kappa shape index (κ1) is 20.6. The summed E-state index contributed by atoms with van der Waals surface area (Å²) < 4.78 is 0. The number of aromatic nitrogens is 1. The summed E-state index contributed by atoms with van der Waals surface area (Å²) in [5, 5.41) is 6.46. The minimum Gasteiger partial charge on any atom is -0.339 e. The highest BCUT2D eigenvalue weighted by Crippen LogP contribution is 2.33. The van der Waals surface area contributed by atoms with Gasteiger partial charge in [0.15, 0.2) is 0 Å². The third-order valence-corrected chi connectivity index (χ3v) is 6.39. The Bertz CT molecular complexity index is 1100. The maximum absolute atomic E-state index is 12.7. The highest BCUT2D eigenvalue weighted by molar-refractivity contribution is 7.13. The monoisotopic (exact) mass is 439 g/mol. The van der Waals surface area contributed by atoms with E-state index in [9.17, 15) is 9.59 Å². The van der Waals surface area contributed by atoms with Crippen LogP contribution in [0.5, 0.6) is 0 Å². The number of hydrogen-bond acceptors (Lipinski definition) is 4. The molecule has 0 spiro atoms. The van der Waals surface area contributed by atoms with Gasteiger partial charge in [0.1, 0.15) is 5.01 Å². The summed E-state index contributed by atoms with van der Waals surface area (Å²) in [6, 6.07) is 15.3. The van der Waals surface area contributed by atoms with E-state index in [2.05, 4.69) is 5.32 Å². The number of halogens is 1. The Kier molecular flexibility index (Phi) is 5.88. The van der Waals surface area contributed by atoms with Gasteiger partial charge in [-0.25, -0.2) is 4.98 Å². The lowest BCUT2D eigenvalue weighted by Crippen LogP contribution is -2.33. The van der Waals surface area contributed by atoms with Gasteiger partial charge in [-0.1, -0.05) is 41.9 Å². The Morgan fingerprint density at radius 1 is 1.23 bits per heavy atom. The van der Waals surface area contributed by atoms with E-state index >= 15 is 0 Å². The Labute approximate surface area is 184 Å². The van der Waals surface area contributed by atoms with Crippen molar-refractivity contribution in [3.05, 3.63) is 58.9 Å². The first-order chi connectivity index (χ1) is 14.4. The largest absolute Gasteiger partial charge is 0.339 e. The van der Waals surface area contributed by atoms with Crippen LogP contribution in [0, 0.1) is 5.92 Å². The molecule has 1 aliphatic rings. The van der Waals surface area contributed by atoms with Gasteiger partial charge in [-0.15, -0.1) is 11.3 Å². The molecule has 2 aromatic carbocycles. The fraction of sp³-hybridized carbons (Fsp3) is 0.261. The van der Waals surface area contributed by atoms with Gasteiger partial charge in [0.05, 0.1) is 16.6 Å². The quantitative estimate of drug-likeness (QED) is 0.584. The lowest BCUT2D eigenvalue weighted by Gasteiger charge is -2.20. The molecule has 1 atom stereocenters. The smallest absolute Gasteiger partial charge is 0.229 e. The van der Waals surface area contributed by atoms with E-state index in [-0.39, 0.29) is 30.2 Å². The number of hydrogen-bond donors (Lipinski definition) is 1. The van der Waals surface area contributed by atoms with Crippen molar-refractivity contribution in [2.24, 2.45) is 5.92 Å². The van der Waals surface area contributed by atoms with Crippen molar-refractivity contribution in [1.82, 2.24) is 9.88 Å². The van der Waals surface area contributed by atoms with Crippen LogP contribution in [-0.4, -0.2) is 34.3 Å². The zero-order valence-electron chi connectivity index (χ0n) is 16.8. The second kappa shape index (κ2) is 8.58. The number of nitrogens with one attached hydrogen (secondary N) is 1. The van der Waals surface area contributed by atoms with E-state index in [1.54, 1.807) is 4.90 Å². The molecule has 1 N–H and O–H groups in total. The molecule has 7 heteroatoms. The summed E-state index contributed by atoms with van der Waals surface area (Å²) >= 11 is 7.82. The number of carbonyl (C=O) groups excluding carboxylic acids is 2. The maximum atomic E-state index is 12.7. The molecule has 2 heterocycles. The second-order valence-corrected chi connectivity index (χ2v) is 8.89.